The van der Waals surface area contributed by atoms with E-state index >= 15 is 0 Å². The maximum absolute atomic E-state index is 12.5. The molecule has 2 N–H and O–H groups in total. The van der Waals surface area contributed by atoms with Crippen LogP contribution in [0.15, 0.2) is 60.7 Å². The molecule has 3 aromatic carbocycles. The SMILES string of the molecule is CCOC(=O)Oc1c(-c2ccc(OC)cc2)c2cc(N)ccc2n1Cc1ccc2nsnc2c1. The lowest BCUT2D eigenvalue weighted by molar-refractivity contribution is 0.101. The van der Waals surface area contributed by atoms with Gasteiger partial charge in [-0.2, -0.15) is 8.75 Å². The van der Waals surface area contributed by atoms with Crippen LogP contribution in [-0.2, 0) is 11.3 Å². The maximum atomic E-state index is 12.5. The molecule has 0 aliphatic rings. The Hall–Kier alpha value is -4.11. The number of nitrogens with two attached hydrogens (primary N) is 1. The summed E-state index contributed by atoms with van der Waals surface area (Å²) in [5.74, 6) is 1.10. The molecule has 8 nitrogen and oxygen atoms in total. The van der Waals surface area contributed by atoms with Crippen molar-refractivity contribution in [3.8, 4) is 22.8 Å². The second-order valence-electron chi connectivity index (χ2n) is 7.64. The predicted octanol–water partition coefficient (Wildman–Crippen LogP) is 5.49. The first-order valence-corrected chi connectivity index (χ1v) is 11.4. The third-order valence-corrected chi connectivity index (χ3v) is 6.08. The first-order valence-electron chi connectivity index (χ1n) is 10.7. The molecule has 2 aromatic heterocycles. The van der Waals surface area contributed by atoms with E-state index in [9.17, 15) is 4.79 Å². The minimum atomic E-state index is -0.770. The number of carbonyl (C=O) groups excluding carboxylic acids is 1. The Balaban J connectivity index is 1.72. The van der Waals surface area contributed by atoms with Crippen molar-refractivity contribution in [1.82, 2.24) is 13.3 Å². The van der Waals surface area contributed by atoms with Crippen molar-refractivity contribution in [3.63, 3.8) is 0 Å². The number of nitrogens with zero attached hydrogens (tertiary/aromatic N) is 3. The average molecular weight is 475 g/mol. The molecule has 0 atom stereocenters. The molecule has 0 saturated heterocycles. The molecule has 0 aliphatic heterocycles. The fourth-order valence-electron chi connectivity index (χ4n) is 3.98. The van der Waals surface area contributed by atoms with Crippen LogP contribution in [0.5, 0.6) is 11.6 Å². The number of hydrogen-bond donors (Lipinski definition) is 1. The molecule has 2 heterocycles. The largest absolute Gasteiger partial charge is 0.515 e. The first kappa shape index (κ1) is 21.7. The van der Waals surface area contributed by atoms with Crippen LogP contribution in [0.1, 0.15) is 12.5 Å². The number of fused-ring (bicyclic) bond motifs is 2. The topological polar surface area (TPSA) is 101 Å². The summed E-state index contributed by atoms with van der Waals surface area (Å²) < 4.78 is 26.8. The summed E-state index contributed by atoms with van der Waals surface area (Å²) in [7, 11) is 1.62. The Kier molecular flexibility index (Phi) is 5.77. The second-order valence-corrected chi connectivity index (χ2v) is 8.17. The van der Waals surface area contributed by atoms with Crippen LogP contribution in [-0.4, -0.2) is 33.2 Å². The molecular formula is C25H22N4O4S. The standard InChI is InChI=1S/C25H22N4O4S/c1-3-32-25(30)33-24-23(16-5-8-18(31-2)9-6-16)19-13-17(26)7-11-22(19)29(24)14-15-4-10-20-21(12-15)28-34-27-20/h4-13H,3,14,26H2,1-2H3. The smallest absolute Gasteiger partial charge is 0.497 e. The van der Waals surface area contributed by atoms with Gasteiger partial charge in [-0.25, -0.2) is 4.79 Å². The van der Waals surface area contributed by atoms with Crippen molar-refractivity contribution in [3.05, 3.63) is 66.2 Å². The van der Waals surface area contributed by atoms with Crippen molar-refractivity contribution in [2.75, 3.05) is 19.5 Å². The van der Waals surface area contributed by atoms with Crippen LogP contribution in [0, 0.1) is 0 Å². The first-order chi connectivity index (χ1) is 16.6. The molecular weight excluding hydrogens is 452 g/mol. The Morgan fingerprint density at radius 2 is 1.82 bits per heavy atom. The zero-order valence-electron chi connectivity index (χ0n) is 18.6. The van der Waals surface area contributed by atoms with E-state index in [4.69, 9.17) is 19.9 Å². The van der Waals surface area contributed by atoms with Crippen molar-refractivity contribution in [2.45, 2.75) is 13.5 Å². The monoisotopic (exact) mass is 474 g/mol. The van der Waals surface area contributed by atoms with Crippen molar-refractivity contribution in [1.29, 1.82) is 0 Å². The Labute approximate surface area is 199 Å². The van der Waals surface area contributed by atoms with Gasteiger partial charge in [0.05, 0.1) is 43.1 Å². The van der Waals surface area contributed by atoms with Gasteiger partial charge in [-0.05, 0) is 60.5 Å². The van der Waals surface area contributed by atoms with E-state index in [0.29, 0.717) is 18.1 Å². The van der Waals surface area contributed by atoms with Crippen molar-refractivity contribution in [2.24, 2.45) is 0 Å². The van der Waals surface area contributed by atoms with Gasteiger partial charge in [0.25, 0.3) is 0 Å². The fourth-order valence-corrected chi connectivity index (χ4v) is 4.50. The molecule has 0 amide bonds. The Morgan fingerprint density at radius 3 is 2.59 bits per heavy atom. The van der Waals surface area contributed by atoms with Gasteiger partial charge in [0.1, 0.15) is 16.8 Å². The van der Waals surface area contributed by atoms with E-state index < -0.39 is 6.16 Å². The summed E-state index contributed by atoms with van der Waals surface area (Å²) >= 11 is 1.18. The lowest BCUT2D eigenvalue weighted by Gasteiger charge is -2.13. The number of ether oxygens (including phenoxy) is 3. The molecule has 34 heavy (non-hydrogen) atoms. The van der Waals surface area contributed by atoms with E-state index in [1.165, 1.54) is 11.7 Å². The average Bonchev–Trinajstić information content (AvgIpc) is 3.41. The maximum Gasteiger partial charge on any atom is 0.515 e. The third-order valence-electron chi connectivity index (χ3n) is 5.52. The summed E-state index contributed by atoms with van der Waals surface area (Å²) in [5.41, 5.74) is 11.9. The van der Waals surface area contributed by atoms with Crippen LogP contribution in [0.25, 0.3) is 33.1 Å². The van der Waals surface area contributed by atoms with Crippen LogP contribution in [0.4, 0.5) is 10.5 Å². The summed E-state index contributed by atoms with van der Waals surface area (Å²) in [5, 5.41) is 0.862. The predicted molar refractivity (Wildman–Crippen MR) is 133 cm³/mol. The third kappa shape index (κ3) is 4.01. The van der Waals surface area contributed by atoms with Gasteiger partial charge in [-0.1, -0.05) is 18.2 Å². The van der Waals surface area contributed by atoms with Gasteiger partial charge in [-0.15, -0.1) is 0 Å². The number of benzene rings is 3. The van der Waals surface area contributed by atoms with E-state index in [-0.39, 0.29) is 6.61 Å². The number of carbonyl (C=O) groups is 1. The normalized spacial score (nSPS) is 11.1. The summed E-state index contributed by atoms with van der Waals surface area (Å²) in [4.78, 5) is 12.5. The zero-order valence-corrected chi connectivity index (χ0v) is 19.5. The number of nitrogen functional groups attached to an aromatic ring is 1. The van der Waals surface area contributed by atoms with Crippen LogP contribution >= 0.6 is 11.7 Å². The van der Waals surface area contributed by atoms with E-state index in [0.717, 1.165) is 44.4 Å². The lowest BCUT2D eigenvalue weighted by atomic mass is 10.0. The molecule has 0 unspecified atom stereocenters. The molecule has 5 rings (SSSR count). The number of anilines is 1. The van der Waals surface area contributed by atoms with Gasteiger partial charge in [0.2, 0.25) is 5.88 Å². The van der Waals surface area contributed by atoms with Gasteiger partial charge < -0.3 is 24.5 Å². The van der Waals surface area contributed by atoms with Crippen LogP contribution < -0.4 is 15.2 Å². The van der Waals surface area contributed by atoms with E-state index in [1.54, 1.807) is 14.0 Å². The molecule has 172 valence electrons. The zero-order chi connectivity index (χ0) is 23.7. The highest BCUT2D eigenvalue weighted by Gasteiger charge is 2.24. The minimum Gasteiger partial charge on any atom is -0.497 e. The highest BCUT2D eigenvalue weighted by molar-refractivity contribution is 7.00. The molecule has 0 radical (unpaired) electrons. The van der Waals surface area contributed by atoms with Gasteiger partial charge in [0.15, 0.2) is 0 Å². The number of rotatable bonds is 6. The van der Waals surface area contributed by atoms with Crippen LogP contribution in [0.3, 0.4) is 0 Å². The van der Waals surface area contributed by atoms with Gasteiger partial charge >= 0.3 is 6.16 Å². The fraction of sp³-hybridized carbons (Fsp3) is 0.160. The molecule has 0 spiro atoms. The minimum absolute atomic E-state index is 0.206. The lowest BCUT2D eigenvalue weighted by Crippen LogP contribution is -2.14. The Bertz CT molecular complexity index is 1490. The molecule has 0 aliphatic carbocycles. The Morgan fingerprint density at radius 1 is 1.03 bits per heavy atom. The molecule has 9 heteroatoms. The van der Waals surface area contributed by atoms with Crippen molar-refractivity contribution >= 4 is 45.5 Å². The van der Waals surface area contributed by atoms with Crippen LogP contribution in [0.2, 0.25) is 0 Å². The summed E-state index contributed by atoms with van der Waals surface area (Å²) in [6, 6.07) is 19.1. The molecule has 0 bridgehead atoms. The number of aromatic nitrogens is 3. The number of hydrogen-bond acceptors (Lipinski definition) is 8. The highest BCUT2D eigenvalue weighted by atomic mass is 32.1. The molecule has 0 fully saturated rings. The van der Waals surface area contributed by atoms with Crippen molar-refractivity contribution < 1.29 is 19.0 Å². The van der Waals surface area contributed by atoms with Gasteiger partial charge in [0, 0.05) is 11.1 Å². The van der Waals surface area contributed by atoms with E-state index in [2.05, 4.69) is 8.75 Å². The highest BCUT2D eigenvalue weighted by Crippen LogP contribution is 2.42. The molecule has 0 saturated carbocycles. The molecule has 5 aromatic rings. The quantitative estimate of drug-likeness (QED) is 0.257. The summed E-state index contributed by atoms with van der Waals surface area (Å²) in [6.07, 6.45) is -0.770. The van der Waals surface area contributed by atoms with E-state index in [1.807, 2.05) is 65.2 Å². The summed E-state index contributed by atoms with van der Waals surface area (Å²) in [6.45, 7) is 2.38. The second kappa shape index (κ2) is 9.03. The van der Waals surface area contributed by atoms with Gasteiger partial charge in [-0.3, -0.25) is 0 Å². The number of methoxy groups -OCH3 is 1.